The third kappa shape index (κ3) is 6.05. The molecule has 0 radical (unpaired) electrons. The molecule has 1 fully saturated rings. The Morgan fingerprint density at radius 1 is 1.24 bits per heavy atom. The number of aromatic carboxylic acids is 1. The van der Waals surface area contributed by atoms with Crippen LogP contribution >= 0.6 is 11.5 Å². The predicted octanol–water partition coefficient (Wildman–Crippen LogP) is 1.64. The number of ether oxygens (including phenoxy) is 2. The van der Waals surface area contributed by atoms with E-state index in [1.165, 1.54) is 10.9 Å². The third-order valence-electron chi connectivity index (χ3n) is 6.69. The summed E-state index contributed by atoms with van der Waals surface area (Å²) in [6.07, 6.45) is 4.02. The predicted molar refractivity (Wildman–Crippen MR) is 152 cm³/mol. The van der Waals surface area contributed by atoms with Crippen LogP contribution in [0.15, 0.2) is 41.7 Å². The quantitative estimate of drug-likeness (QED) is 0.227. The van der Waals surface area contributed by atoms with Gasteiger partial charge in [-0.25, -0.2) is 24.1 Å². The van der Waals surface area contributed by atoms with Crippen molar-refractivity contribution >= 4 is 51.8 Å². The lowest BCUT2D eigenvalue weighted by molar-refractivity contribution is -0.120. The molecule has 42 heavy (non-hydrogen) atoms. The number of nitrogens with one attached hydrogen (secondary N) is 1. The summed E-state index contributed by atoms with van der Waals surface area (Å²) < 4.78 is 30.8. The van der Waals surface area contributed by atoms with Crippen LogP contribution in [0.25, 0.3) is 16.2 Å². The molecule has 5 heterocycles. The molecule has 1 aliphatic heterocycles. The van der Waals surface area contributed by atoms with Crippen molar-refractivity contribution in [1.29, 1.82) is 0 Å². The van der Waals surface area contributed by atoms with Gasteiger partial charge in [0.15, 0.2) is 17.3 Å². The molecule has 0 aromatic carbocycles. The number of likely N-dealkylation sites (N-methyl/N-ethyl adjacent to an activating group) is 1. The van der Waals surface area contributed by atoms with Crippen LogP contribution in [0.5, 0.6) is 0 Å². The molecule has 1 amide bonds. The minimum absolute atomic E-state index is 0.0295. The average Bonchev–Trinajstić information content (AvgIpc) is 3.48. The van der Waals surface area contributed by atoms with Gasteiger partial charge in [-0.3, -0.25) is 14.2 Å². The summed E-state index contributed by atoms with van der Waals surface area (Å²) in [7, 11) is 3.53. The molecule has 14 nitrogen and oxygen atoms in total. The highest BCUT2D eigenvalue weighted by Crippen LogP contribution is 2.29. The van der Waals surface area contributed by atoms with E-state index < -0.39 is 28.7 Å². The molecular weight excluding hydrogens is 571 g/mol. The molecule has 4 aromatic heterocycles. The second kappa shape index (κ2) is 12.5. The molecule has 0 saturated carbocycles. The van der Waals surface area contributed by atoms with Gasteiger partial charge in [0.25, 0.3) is 0 Å². The number of amides is 1. The van der Waals surface area contributed by atoms with Gasteiger partial charge >= 0.3 is 5.97 Å². The SMILES string of the molecule is COCCOCCN(C)c1ccc(NC(=O)C2CN(c3nc4c(cc3F)c(=O)c(C(=O)O)cn4-c3ncns3)C2)nc1. The van der Waals surface area contributed by atoms with Gasteiger partial charge < -0.3 is 29.7 Å². The van der Waals surface area contributed by atoms with Crippen molar-refractivity contribution in [3.63, 3.8) is 0 Å². The molecular formula is C26H27FN8O6S. The number of carbonyl (C=O) groups excluding carboxylic acids is 1. The van der Waals surface area contributed by atoms with Crippen molar-refractivity contribution in [3.05, 3.63) is 58.5 Å². The maximum absolute atomic E-state index is 15.1. The van der Waals surface area contributed by atoms with Crippen molar-refractivity contribution in [2.24, 2.45) is 5.92 Å². The zero-order valence-corrected chi connectivity index (χ0v) is 23.5. The first-order valence-corrected chi connectivity index (χ1v) is 13.6. The van der Waals surface area contributed by atoms with E-state index in [0.29, 0.717) is 32.2 Å². The second-order valence-corrected chi connectivity index (χ2v) is 10.2. The second-order valence-electron chi connectivity index (χ2n) is 9.46. The first-order chi connectivity index (χ1) is 20.3. The van der Waals surface area contributed by atoms with Crippen LogP contribution in [0.2, 0.25) is 0 Å². The normalized spacial score (nSPS) is 13.3. The molecule has 0 unspecified atom stereocenters. The lowest BCUT2D eigenvalue weighted by Crippen LogP contribution is -2.52. The van der Waals surface area contributed by atoms with Crippen LogP contribution in [-0.4, -0.2) is 94.5 Å². The maximum Gasteiger partial charge on any atom is 0.341 e. The fourth-order valence-electron chi connectivity index (χ4n) is 4.31. The minimum Gasteiger partial charge on any atom is -0.477 e. The monoisotopic (exact) mass is 598 g/mol. The molecule has 0 aliphatic carbocycles. The number of hydrogen-bond donors (Lipinski definition) is 2. The van der Waals surface area contributed by atoms with Gasteiger partial charge in [-0.2, -0.15) is 4.37 Å². The van der Waals surface area contributed by atoms with Gasteiger partial charge in [0.05, 0.1) is 43.0 Å². The fraction of sp³-hybridized carbons (Fsp3) is 0.346. The number of fused-ring (bicyclic) bond motifs is 1. The number of nitrogens with zero attached hydrogens (tertiary/aromatic N) is 7. The van der Waals surface area contributed by atoms with E-state index in [4.69, 9.17) is 9.47 Å². The summed E-state index contributed by atoms with van der Waals surface area (Å²) in [5, 5.41) is 12.3. The zero-order chi connectivity index (χ0) is 29.8. The van der Waals surface area contributed by atoms with Crippen LogP contribution in [0, 0.1) is 11.7 Å². The Balaban J connectivity index is 1.25. The van der Waals surface area contributed by atoms with Gasteiger partial charge in [-0.15, -0.1) is 0 Å². The van der Waals surface area contributed by atoms with E-state index in [-0.39, 0.29) is 41.0 Å². The van der Waals surface area contributed by atoms with Crippen molar-refractivity contribution in [2.45, 2.75) is 0 Å². The number of carbonyl (C=O) groups is 2. The Bertz CT molecular complexity index is 1640. The number of pyridine rings is 3. The summed E-state index contributed by atoms with van der Waals surface area (Å²) in [5.41, 5.74) is -0.523. The molecule has 0 bridgehead atoms. The van der Waals surface area contributed by atoms with Crippen LogP contribution < -0.4 is 20.5 Å². The van der Waals surface area contributed by atoms with Crippen LogP contribution in [0.1, 0.15) is 10.4 Å². The number of carboxylic acids is 1. The number of hydrogen-bond acceptors (Lipinski definition) is 12. The molecule has 0 spiro atoms. The smallest absolute Gasteiger partial charge is 0.341 e. The number of rotatable bonds is 12. The summed E-state index contributed by atoms with van der Waals surface area (Å²) in [6, 6.07) is 4.51. The van der Waals surface area contributed by atoms with Gasteiger partial charge in [0.1, 0.15) is 17.7 Å². The first kappa shape index (κ1) is 29.0. The van der Waals surface area contributed by atoms with Crippen molar-refractivity contribution < 1.29 is 28.6 Å². The number of anilines is 3. The third-order valence-corrected chi connectivity index (χ3v) is 7.36. The topological polar surface area (TPSA) is 165 Å². The van der Waals surface area contributed by atoms with E-state index in [0.717, 1.165) is 29.5 Å². The Morgan fingerprint density at radius 2 is 2.05 bits per heavy atom. The van der Waals surface area contributed by atoms with E-state index in [1.807, 2.05) is 18.0 Å². The molecule has 2 N–H and O–H groups in total. The lowest BCUT2D eigenvalue weighted by Gasteiger charge is -2.39. The van der Waals surface area contributed by atoms with Crippen LogP contribution in [-0.2, 0) is 14.3 Å². The number of aromatic nitrogens is 5. The van der Waals surface area contributed by atoms with Crippen molar-refractivity contribution in [3.8, 4) is 5.13 Å². The highest BCUT2D eigenvalue weighted by Gasteiger charge is 2.35. The number of carboxylic acid groups (broad SMARTS) is 1. The molecule has 220 valence electrons. The standard InChI is InChI=1S/C26H27FN8O6S/c1-33(5-6-41-8-7-40-2)16-3-4-20(28-10-16)31-24(37)15-11-34(12-15)23-19(27)9-17-21(36)18(25(38)39)13-35(22(17)32-23)26-29-14-30-42-26/h3-4,9-10,13-15H,5-8,11-12H2,1-2H3,(H,38,39)(H,28,31,37). The highest BCUT2D eigenvalue weighted by molar-refractivity contribution is 7.08. The maximum atomic E-state index is 15.1. The number of halogens is 1. The Kier molecular flexibility index (Phi) is 8.65. The molecule has 0 atom stereocenters. The lowest BCUT2D eigenvalue weighted by atomic mass is 9.99. The van der Waals surface area contributed by atoms with Crippen LogP contribution in [0.3, 0.4) is 0 Å². The van der Waals surface area contributed by atoms with Gasteiger partial charge in [0.2, 0.25) is 16.5 Å². The summed E-state index contributed by atoms with van der Waals surface area (Å²) in [4.78, 5) is 53.5. The Morgan fingerprint density at radius 3 is 2.71 bits per heavy atom. The van der Waals surface area contributed by atoms with Crippen molar-refractivity contribution in [1.82, 2.24) is 23.9 Å². The van der Waals surface area contributed by atoms with Gasteiger partial charge in [-0.05, 0) is 18.2 Å². The molecule has 4 aromatic rings. The zero-order valence-electron chi connectivity index (χ0n) is 22.7. The Hall–Kier alpha value is -4.54. The van der Waals surface area contributed by atoms with Gasteiger partial charge in [-0.1, -0.05) is 0 Å². The molecule has 1 aliphatic rings. The average molecular weight is 599 g/mol. The van der Waals surface area contributed by atoms with E-state index in [2.05, 4.69) is 24.6 Å². The number of methoxy groups -OCH3 is 1. The largest absolute Gasteiger partial charge is 0.477 e. The van der Waals surface area contributed by atoms with E-state index >= 15 is 4.39 Å². The van der Waals surface area contributed by atoms with Gasteiger partial charge in [0, 0.05) is 51.5 Å². The Labute approximate surface area is 242 Å². The fourth-order valence-corrected chi connectivity index (χ4v) is 4.82. The van der Waals surface area contributed by atoms with Crippen molar-refractivity contribution in [2.75, 3.05) is 68.7 Å². The summed E-state index contributed by atoms with van der Waals surface area (Å²) >= 11 is 0.957. The van der Waals surface area contributed by atoms with E-state index in [1.54, 1.807) is 24.3 Å². The van der Waals surface area contributed by atoms with E-state index in [9.17, 15) is 19.5 Å². The minimum atomic E-state index is -1.46. The summed E-state index contributed by atoms with van der Waals surface area (Å²) in [5.74, 6) is -2.67. The summed E-state index contributed by atoms with van der Waals surface area (Å²) in [6.45, 7) is 2.62. The first-order valence-electron chi connectivity index (χ1n) is 12.8. The highest BCUT2D eigenvalue weighted by atomic mass is 32.1. The molecule has 5 rings (SSSR count). The molecule has 1 saturated heterocycles. The van der Waals surface area contributed by atoms with Crippen LogP contribution in [0.4, 0.5) is 21.7 Å². The molecule has 16 heteroatoms.